The van der Waals surface area contributed by atoms with Gasteiger partial charge in [-0.25, -0.2) is 9.67 Å². The standard InChI is InChI=1S/C17H24N4O2/c1-11(2)17(5,23)10-19-16(22)14-6-7-15(18-9-14)21-13(4)8-12(3)20-21/h6-9,11,23H,10H2,1-5H3,(H,19,22). The molecular weight excluding hydrogens is 292 g/mol. The van der Waals surface area contributed by atoms with E-state index in [9.17, 15) is 9.90 Å². The summed E-state index contributed by atoms with van der Waals surface area (Å²) >= 11 is 0. The molecule has 2 rings (SSSR count). The van der Waals surface area contributed by atoms with Gasteiger partial charge >= 0.3 is 0 Å². The highest BCUT2D eigenvalue weighted by Crippen LogP contribution is 2.15. The zero-order valence-electron chi connectivity index (χ0n) is 14.3. The summed E-state index contributed by atoms with van der Waals surface area (Å²) in [6.07, 6.45) is 1.52. The molecule has 23 heavy (non-hydrogen) atoms. The van der Waals surface area contributed by atoms with Gasteiger partial charge in [-0.1, -0.05) is 13.8 Å². The van der Waals surface area contributed by atoms with Crippen molar-refractivity contribution in [1.29, 1.82) is 0 Å². The first kappa shape index (κ1) is 17.1. The zero-order chi connectivity index (χ0) is 17.2. The van der Waals surface area contributed by atoms with Crippen molar-refractivity contribution >= 4 is 5.91 Å². The van der Waals surface area contributed by atoms with Crippen LogP contribution in [0.4, 0.5) is 0 Å². The molecule has 0 aromatic carbocycles. The first-order valence-electron chi connectivity index (χ1n) is 7.71. The first-order valence-corrected chi connectivity index (χ1v) is 7.71. The normalized spacial score (nSPS) is 13.9. The Morgan fingerprint density at radius 3 is 2.57 bits per heavy atom. The van der Waals surface area contributed by atoms with Gasteiger partial charge in [0.1, 0.15) is 0 Å². The van der Waals surface area contributed by atoms with Crippen molar-refractivity contribution in [2.45, 2.75) is 40.2 Å². The number of pyridine rings is 1. The second kappa shape index (κ2) is 6.50. The van der Waals surface area contributed by atoms with Gasteiger partial charge < -0.3 is 10.4 Å². The van der Waals surface area contributed by atoms with Crippen LogP contribution in [-0.2, 0) is 0 Å². The van der Waals surface area contributed by atoms with Gasteiger partial charge in [-0.15, -0.1) is 0 Å². The number of aliphatic hydroxyl groups is 1. The summed E-state index contributed by atoms with van der Waals surface area (Å²) in [5.41, 5.74) is 1.42. The van der Waals surface area contributed by atoms with Crippen LogP contribution in [0.1, 0.15) is 42.5 Å². The van der Waals surface area contributed by atoms with Crippen LogP contribution < -0.4 is 5.32 Å². The van der Waals surface area contributed by atoms with Crippen molar-refractivity contribution in [2.75, 3.05) is 6.54 Å². The van der Waals surface area contributed by atoms with E-state index in [-0.39, 0.29) is 18.4 Å². The number of aryl methyl sites for hydroxylation is 2. The number of hydrogen-bond acceptors (Lipinski definition) is 4. The number of hydrogen-bond donors (Lipinski definition) is 2. The number of aromatic nitrogens is 3. The summed E-state index contributed by atoms with van der Waals surface area (Å²) in [5.74, 6) is 0.467. The number of carbonyl (C=O) groups excluding carboxylic acids is 1. The number of amides is 1. The lowest BCUT2D eigenvalue weighted by Crippen LogP contribution is -2.44. The lowest BCUT2D eigenvalue weighted by atomic mass is 9.92. The van der Waals surface area contributed by atoms with Crippen LogP contribution in [0.5, 0.6) is 0 Å². The topological polar surface area (TPSA) is 80.0 Å². The van der Waals surface area contributed by atoms with Crippen LogP contribution in [0, 0.1) is 19.8 Å². The first-order chi connectivity index (χ1) is 10.7. The Bertz CT molecular complexity index is 687. The van der Waals surface area contributed by atoms with Crippen molar-refractivity contribution in [2.24, 2.45) is 5.92 Å². The van der Waals surface area contributed by atoms with Gasteiger partial charge in [-0.2, -0.15) is 5.10 Å². The Morgan fingerprint density at radius 2 is 2.09 bits per heavy atom. The van der Waals surface area contributed by atoms with Gasteiger partial charge in [0.25, 0.3) is 5.91 Å². The molecule has 2 aromatic heterocycles. The van der Waals surface area contributed by atoms with E-state index in [1.807, 2.05) is 33.8 Å². The minimum Gasteiger partial charge on any atom is -0.388 e. The highest BCUT2D eigenvalue weighted by atomic mass is 16.3. The molecular formula is C17H24N4O2. The predicted octanol–water partition coefficient (Wildman–Crippen LogP) is 2.02. The van der Waals surface area contributed by atoms with Gasteiger partial charge in [0.05, 0.1) is 16.9 Å². The van der Waals surface area contributed by atoms with Crippen LogP contribution in [-0.4, -0.2) is 37.9 Å². The molecule has 1 unspecified atom stereocenters. The number of nitrogens with zero attached hydrogens (tertiary/aromatic N) is 3. The van der Waals surface area contributed by atoms with Crippen LogP contribution in [0.2, 0.25) is 0 Å². The van der Waals surface area contributed by atoms with E-state index in [0.29, 0.717) is 11.4 Å². The average molecular weight is 316 g/mol. The Morgan fingerprint density at radius 1 is 1.39 bits per heavy atom. The maximum absolute atomic E-state index is 12.1. The highest BCUT2D eigenvalue weighted by Gasteiger charge is 2.25. The molecule has 1 atom stereocenters. The van der Waals surface area contributed by atoms with Gasteiger partial charge in [-0.05, 0) is 44.9 Å². The molecule has 0 aliphatic rings. The van der Waals surface area contributed by atoms with Gasteiger partial charge in [0.2, 0.25) is 0 Å². The summed E-state index contributed by atoms with van der Waals surface area (Å²) in [7, 11) is 0. The summed E-state index contributed by atoms with van der Waals surface area (Å²) in [5, 5.41) is 17.3. The third-order valence-corrected chi connectivity index (χ3v) is 4.09. The Hall–Kier alpha value is -2.21. The quantitative estimate of drug-likeness (QED) is 0.884. The smallest absolute Gasteiger partial charge is 0.252 e. The molecule has 0 saturated carbocycles. The molecule has 0 spiro atoms. The molecule has 6 nitrogen and oxygen atoms in total. The van der Waals surface area contributed by atoms with E-state index in [1.54, 1.807) is 23.7 Å². The molecule has 0 bridgehead atoms. The molecule has 1 amide bonds. The van der Waals surface area contributed by atoms with Crippen molar-refractivity contribution in [1.82, 2.24) is 20.1 Å². The molecule has 0 aliphatic carbocycles. The fourth-order valence-corrected chi connectivity index (χ4v) is 2.07. The van der Waals surface area contributed by atoms with Crippen molar-refractivity contribution in [3.63, 3.8) is 0 Å². The second-order valence-corrected chi connectivity index (χ2v) is 6.44. The van der Waals surface area contributed by atoms with E-state index < -0.39 is 5.60 Å². The summed E-state index contributed by atoms with van der Waals surface area (Å²) in [6, 6.07) is 5.43. The second-order valence-electron chi connectivity index (χ2n) is 6.44. The third kappa shape index (κ3) is 3.96. The number of carbonyl (C=O) groups is 1. The van der Waals surface area contributed by atoms with E-state index in [0.717, 1.165) is 11.4 Å². The minimum atomic E-state index is -0.938. The molecule has 124 valence electrons. The van der Waals surface area contributed by atoms with Gasteiger partial charge in [-0.3, -0.25) is 4.79 Å². The largest absolute Gasteiger partial charge is 0.388 e. The van der Waals surface area contributed by atoms with Crippen LogP contribution in [0.25, 0.3) is 5.82 Å². The summed E-state index contributed by atoms with van der Waals surface area (Å²) in [4.78, 5) is 16.4. The summed E-state index contributed by atoms with van der Waals surface area (Å²) < 4.78 is 1.74. The van der Waals surface area contributed by atoms with E-state index in [1.165, 1.54) is 6.20 Å². The lowest BCUT2D eigenvalue weighted by molar-refractivity contribution is 0.0142. The molecule has 2 N–H and O–H groups in total. The maximum atomic E-state index is 12.1. The fourth-order valence-electron chi connectivity index (χ4n) is 2.07. The van der Waals surface area contributed by atoms with Crippen LogP contribution in [0.3, 0.4) is 0 Å². The Labute approximate surface area is 136 Å². The molecule has 0 fully saturated rings. The molecule has 6 heteroatoms. The molecule has 0 aliphatic heterocycles. The summed E-state index contributed by atoms with van der Waals surface area (Å²) in [6.45, 7) is 9.61. The van der Waals surface area contributed by atoms with Crippen molar-refractivity contribution < 1.29 is 9.90 Å². The minimum absolute atomic E-state index is 0.0503. The maximum Gasteiger partial charge on any atom is 0.252 e. The fraction of sp³-hybridized carbons (Fsp3) is 0.471. The van der Waals surface area contributed by atoms with Crippen molar-refractivity contribution in [3.8, 4) is 5.82 Å². The van der Waals surface area contributed by atoms with E-state index in [4.69, 9.17) is 0 Å². The molecule has 0 saturated heterocycles. The van der Waals surface area contributed by atoms with Crippen LogP contribution >= 0.6 is 0 Å². The lowest BCUT2D eigenvalue weighted by Gasteiger charge is -2.27. The van der Waals surface area contributed by atoms with Gasteiger partial charge in [0.15, 0.2) is 5.82 Å². The van der Waals surface area contributed by atoms with Crippen molar-refractivity contribution in [3.05, 3.63) is 41.3 Å². The molecule has 2 aromatic rings. The highest BCUT2D eigenvalue weighted by molar-refractivity contribution is 5.93. The SMILES string of the molecule is Cc1cc(C)n(-c2ccc(C(=O)NCC(C)(O)C(C)C)cn2)n1. The van der Waals surface area contributed by atoms with E-state index >= 15 is 0 Å². The number of rotatable bonds is 5. The Balaban J connectivity index is 2.08. The van der Waals surface area contributed by atoms with Gasteiger partial charge in [0, 0.05) is 18.4 Å². The number of nitrogens with one attached hydrogen (secondary N) is 1. The van der Waals surface area contributed by atoms with E-state index in [2.05, 4.69) is 15.4 Å². The third-order valence-electron chi connectivity index (χ3n) is 4.09. The average Bonchev–Trinajstić information content (AvgIpc) is 2.83. The Kier molecular flexibility index (Phi) is 4.85. The van der Waals surface area contributed by atoms with Crippen LogP contribution in [0.15, 0.2) is 24.4 Å². The zero-order valence-corrected chi connectivity index (χ0v) is 14.3. The molecule has 0 radical (unpaired) electrons. The monoisotopic (exact) mass is 316 g/mol. The molecule has 2 heterocycles. The predicted molar refractivity (Wildman–Crippen MR) is 88.6 cm³/mol.